The smallest absolute Gasteiger partial charge is 0.294 e. The molecule has 5 rings (SSSR count). The van der Waals surface area contributed by atoms with Crippen LogP contribution in [0.4, 0.5) is 0 Å². The monoisotopic (exact) mass is 362 g/mol. The second kappa shape index (κ2) is 5.83. The number of rotatable bonds is 2. The van der Waals surface area contributed by atoms with E-state index < -0.39 is 0 Å². The zero-order valence-corrected chi connectivity index (χ0v) is 15.1. The third kappa shape index (κ3) is 2.46. The van der Waals surface area contributed by atoms with E-state index in [-0.39, 0.29) is 17.8 Å². The molecule has 1 atom stereocenters. The van der Waals surface area contributed by atoms with Gasteiger partial charge in [-0.3, -0.25) is 9.20 Å². The number of fused-ring (bicyclic) bond motifs is 2. The van der Waals surface area contributed by atoms with Crippen LogP contribution in [-0.2, 0) is 0 Å². The second-order valence-corrected chi connectivity index (χ2v) is 6.83. The van der Waals surface area contributed by atoms with Crippen LogP contribution in [0, 0.1) is 13.8 Å². The SMILES string of the molecule is Cc1cc(C)n2nc(C(=O)N3CCC[C@@H]3c3nnc4ccccn34)nc2n1. The van der Waals surface area contributed by atoms with E-state index in [1.54, 1.807) is 9.42 Å². The molecule has 0 aliphatic carbocycles. The first-order chi connectivity index (χ1) is 13.1. The molecule has 1 aliphatic heterocycles. The van der Waals surface area contributed by atoms with Crippen molar-refractivity contribution in [1.29, 1.82) is 0 Å². The van der Waals surface area contributed by atoms with Crippen LogP contribution in [0.5, 0.6) is 0 Å². The molecule has 27 heavy (non-hydrogen) atoms. The predicted molar refractivity (Wildman–Crippen MR) is 96.3 cm³/mol. The van der Waals surface area contributed by atoms with Gasteiger partial charge in [-0.2, -0.15) is 4.98 Å². The van der Waals surface area contributed by atoms with Gasteiger partial charge in [0.25, 0.3) is 11.7 Å². The number of likely N-dealkylation sites (tertiary alicyclic amines) is 1. The van der Waals surface area contributed by atoms with E-state index >= 15 is 0 Å². The van der Waals surface area contributed by atoms with Crippen molar-refractivity contribution in [1.82, 2.24) is 39.1 Å². The van der Waals surface area contributed by atoms with Crippen molar-refractivity contribution in [3.05, 3.63) is 53.5 Å². The first-order valence-corrected chi connectivity index (χ1v) is 8.93. The summed E-state index contributed by atoms with van der Waals surface area (Å²) in [4.78, 5) is 23.7. The first kappa shape index (κ1) is 15.9. The summed E-state index contributed by atoms with van der Waals surface area (Å²) in [5.41, 5.74) is 2.51. The van der Waals surface area contributed by atoms with Gasteiger partial charge in [0.1, 0.15) is 0 Å². The van der Waals surface area contributed by atoms with Crippen LogP contribution in [0.15, 0.2) is 30.5 Å². The topological polar surface area (TPSA) is 93.6 Å². The van der Waals surface area contributed by atoms with Crippen LogP contribution in [0.1, 0.15) is 46.7 Å². The minimum absolute atomic E-state index is 0.141. The summed E-state index contributed by atoms with van der Waals surface area (Å²) >= 11 is 0. The number of hydrogen-bond acceptors (Lipinski definition) is 6. The lowest BCUT2D eigenvalue weighted by molar-refractivity contribution is 0.0717. The molecule has 0 aromatic carbocycles. The van der Waals surface area contributed by atoms with Crippen LogP contribution < -0.4 is 0 Å². The summed E-state index contributed by atoms with van der Waals surface area (Å²) in [6.07, 6.45) is 3.66. The van der Waals surface area contributed by atoms with Gasteiger partial charge >= 0.3 is 0 Å². The molecule has 0 saturated carbocycles. The Hall–Kier alpha value is -3.36. The number of aromatic nitrogens is 7. The third-order valence-electron chi connectivity index (χ3n) is 4.96. The largest absolute Gasteiger partial charge is 0.326 e. The normalized spacial score (nSPS) is 17.3. The highest BCUT2D eigenvalue weighted by atomic mass is 16.2. The zero-order chi connectivity index (χ0) is 18.5. The maximum absolute atomic E-state index is 13.2. The van der Waals surface area contributed by atoms with Crippen molar-refractivity contribution < 1.29 is 4.79 Å². The summed E-state index contributed by atoms with van der Waals surface area (Å²) in [6.45, 7) is 4.47. The van der Waals surface area contributed by atoms with Crippen molar-refractivity contribution in [2.45, 2.75) is 32.7 Å². The number of nitrogens with zero attached hydrogens (tertiary/aromatic N) is 8. The Labute approximate surface area is 154 Å². The van der Waals surface area contributed by atoms with E-state index in [1.807, 2.05) is 48.7 Å². The quantitative estimate of drug-likeness (QED) is 0.539. The molecule has 0 radical (unpaired) electrons. The molecule has 0 N–H and O–H groups in total. The second-order valence-electron chi connectivity index (χ2n) is 6.83. The average molecular weight is 362 g/mol. The Bertz CT molecular complexity index is 1180. The van der Waals surface area contributed by atoms with Gasteiger partial charge in [0.15, 0.2) is 11.5 Å². The standard InChI is InChI=1S/C18H18N8O/c1-11-10-12(2)26-18(19-11)20-15(23-26)17(27)24-9-5-6-13(24)16-22-21-14-7-3-4-8-25(14)16/h3-4,7-8,10,13H,5-6,9H2,1-2H3/t13-/m1/s1. The molecule has 0 spiro atoms. The number of aryl methyl sites for hydroxylation is 2. The van der Waals surface area contributed by atoms with Crippen molar-refractivity contribution in [2.75, 3.05) is 6.54 Å². The first-order valence-electron chi connectivity index (χ1n) is 8.93. The summed E-state index contributed by atoms with van der Waals surface area (Å²) in [5.74, 6) is 1.18. The van der Waals surface area contributed by atoms with Crippen molar-refractivity contribution in [2.24, 2.45) is 0 Å². The van der Waals surface area contributed by atoms with Gasteiger partial charge in [0.05, 0.1) is 6.04 Å². The summed E-state index contributed by atoms with van der Waals surface area (Å²) < 4.78 is 3.54. The lowest BCUT2D eigenvalue weighted by Gasteiger charge is -2.22. The molecule has 1 fully saturated rings. The number of carbonyl (C=O) groups is 1. The third-order valence-corrected chi connectivity index (χ3v) is 4.96. The van der Waals surface area contributed by atoms with E-state index in [9.17, 15) is 4.79 Å². The molecule has 1 saturated heterocycles. The Kier molecular flexibility index (Phi) is 3.43. The van der Waals surface area contributed by atoms with Crippen LogP contribution in [0.3, 0.4) is 0 Å². The Morgan fingerprint density at radius 1 is 1.19 bits per heavy atom. The predicted octanol–water partition coefficient (Wildman–Crippen LogP) is 1.76. The number of amides is 1. The van der Waals surface area contributed by atoms with Crippen LogP contribution in [0.2, 0.25) is 0 Å². The van der Waals surface area contributed by atoms with Gasteiger partial charge in [-0.25, -0.2) is 9.50 Å². The molecule has 0 bridgehead atoms. The van der Waals surface area contributed by atoms with E-state index in [1.165, 1.54) is 0 Å². The molecule has 136 valence electrons. The van der Waals surface area contributed by atoms with Gasteiger partial charge in [-0.1, -0.05) is 6.07 Å². The molecule has 1 amide bonds. The maximum Gasteiger partial charge on any atom is 0.294 e. The summed E-state index contributed by atoms with van der Waals surface area (Å²) in [6, 6.07) is 7.52. The van der Waals surface area contributed by atoms with Gasteiger partial charge in [0, 0.05) is 24.1 Å². The highest BCUT2D eigenvalue weighted by Gasteiger charge is 2.35. The lowest BCUT2D eigenvalue weighted by Crippen LogP contribution is -2.32. The molecule has 5 heterocycles. The average Bonchev–Trinajstić information content (AvgIpc) is 3.38. The van der Waals surface area contributed by atoms with Crippen LogP contribution in [0.25, 0.3) is 11.4 Å². The van der Waals surface area contributed by atoms with Gasteiger partial charge in [-0.15, -0.1) is 15.3 Å². The van der Waals surface area contributed by atoms with Crippen molar-refractivity contribution in [3.8, 4) is 0 Å². The fourth-order valence-corrected chi connectivity index (χ4v) is 3.75. The molecular weight excluding hydrogens is 344 g/mol. The molecule has 4 aromatic heterocycles. The molecule has 4 aromatic rings. The van der Waals surface area contributed by atoms with E-state index in [2.05, 4.69) is 25.3 Å². The molecule has 9 heteroatoms. The van der Waals surface area contributed by atoms with Gasteiger partial charge in [-0.05, 0) is 44.9 Å². The summed E-state index contributed by atoms with van der Waals surface area (Å²) in [7, 11) is 0. The Morgan fingerprint density at radius 3 is 2.96 bits per heavy atom. The fourth-order valence-electron chi connectivity index (χ4n) is 3.75. The van der Waals surface area contributed by atoms with Crippen molar-refractivity contribution >= 4 is 17.3 Å². The lowest BCUT2D eigenvalue weighted by atomic mass is 10.2. The molecule has 9 nitrogen and oxygen atoms in total. The van der Waals surface area contributed by atoms with Gasteiger partial charge < -0.3 is 4.90 Å². The van der Waals surface area contributed by atoms with E-state index in [4.69, 9.17) is 0 Å². The highest BCUT2D eigenvalue weighted by molar-refractivity contribution is 5.91. The van der Waals surface area contributed by atoms with Crippen LogP contribution >= 0.6 is 0 Å². The van der Waals surface area contributed by atoms with E-state index in [0.29, 0.717) is 12.3 Å². The molecule has 1 aliphatic rings. The molecule has 0 unspecified atom stereocenters. The Balaban J connectivity index is 1.53. The minimum atomic E-state index is -0.201. The van der Waals surface area contributed by atoms with E-state index in [0.717, 1.165) is 35.7 Å². The number of pyridine rings is 1. The number of hydrogen-bond donors (Lipinski definition) is 0. The number of carbonyl (C=O) groups excluding carboxylic acids is 1. The highest BCUT2D eigenvalue weighted by Crippen LogP contribution is 2.32. The Morgan fingerprint density at radius 2 is 2.07 bits per heavy atom. The van der Waals surface area contributed by atoms with Gasteiger partial charge in [0.2, 0.25) is 5.82 Å². The zero-order valence-electron chi connectivity index (χ0n) is 15.1. The molecular formula is C18H18N8O. The van der Waals surface area contributed by atoms with Crippen molar-refractivity contribution in [3.63, 3.8) is 0 Å². The maximum atomic E-state index is 13.2. The fraction of sp³-hybridized carbons (Fsp3) is 0.333. The minimum Gasteiger partial charge on any atom is -0.326 e. The van der Waals surface area contributed by atoms with Crippen LogP contribution in [-0.4, -0.2) is 51.5 Å². The summed E-state index contributed by atoms with van der Waals surface area (Å²) in [5, 5.41) is 12.9.